The molecule has 2 atom stereocenters. The highest BCUT2D eigenvalue weighted by Crippen LogP contribution is 2.20. The van der Waals surface area contributed by atoms with Gasteiger partial charge in [0, 0.05) is 29.8 Å². The van der Waals surface area contributed by atoms with Crippen LogP contribution in [-0.4, -0.2) is 38.6 Å². The van der Waals surface area contributed by atoms with Crippen LogP contribution in [0.5, 0.6) is 0 Å². The van der Waals surface area contributed by atoms with Crippen molar-refractivity contribution in [1.82, 2.24) is 9.88 Å². The van der Waals surface area contributed by atoms with Gasteiger partial charge in [0.15, 0.2) is 11.5 Å². The molecule has 1 aliphatic rings. The number of aliphatic hydroxyl groups is 2. The Kier molecular flexibility index (Phi) is 8.11. The molecule has 1 fully saturated rings. The number of hydrogen-bond acceptors (Lipinski definition) is 5. The quantitative estimate of drug-likeness (QED) is 0.236. The van der Waals surface area contributed by atoms with Crippen LogP contribution in [0, 0.1) is 17.5 Å². The maximum Gasteiger partial charge on any atom is 0.286 e. The summed E-state index contributed by atoms with van der Waals surface area (Å²) in [4.78, 5) is 38.5. The monoisotopic (exact) mass is 526 g/mol. The standard InChI is InChI=1S/C28H25F3N2O5/c29-20-6-2-1-5-17(20)15-33-14-16(11-18-21(30)7-3-8-22(18)31)12-19(28(33)38)25(35)13-26(36)27(37)32-23-9-4-10-24(23)34/h1-3,5-8,12-14,23-24,34,36H,4,9-11,15H2,(H,32,37)/t23-,24-/m1/s1. The SMILES string of the molecule is O=C(N[C@@H]1CCC[C@H]1O)C(O)=CC(=O)c1cc(Cc2c(F)cccc2F)cn(Cc2ccccc2F)c1=O. The van der Waals surface area contributed by atoms with Crippen LogP contribution in [0.1, 0.15) is 46.3 Å². The number of carbonyl (C=O) groups excluding carboxylic acids is 2. The zero-order valence-electron chi connectivity index (χ0n) is 20.2. The molecule has 198 valence electrons. The Bertz CT molecular complexity index is 1450. The molecule has 3 aromatic rings. The van der Waals surface area contributed by atoms with Crippen molar-refractivity contribution in [1.29, 1.82) is 0 Å². The van der Waals surface area contributed by atoms with Gasteiger partial charge in [-0.25, -0.2) is 13.2 Å². The fourth-order valence-corrected chi connectivity index (χ4v) is 4.42. The minimum absolute atomic E-state index is 0.134. The van der Waals surface area contributed by atoms with Gasteiger partial charge in [-0.1, -0.05) is 24.3 Å². The van der Waals surface area contributed by atoms with Gasteiger partial charge in [-0.05, 0) is 49.1 Å². The van der Waals surface area contributed by atoms with Crippen molar-refractivity contribution < 1.29 is 33.0 Å². The van der Waals surface area contributed by atoms with Crippen molar-refractivity contribution in [3.05, 3.63) is 117 Å². The van der Waals surface area contributed by atoms with E-state index < -0.39 is 58.2 Å². The largest absolute Gasteiger partial charge is 0.503 e. The van der Waals surface area contributed by atoms with Crippen molar-refractivity contribution in [2.24, 2.45) is 0 Å². The molecule has 4 rings (SSSR count). The van der Waals surface area contributed by atoms with Gasteiger partial charge in [-0.15, -0.1) is 0 Å². The Morgan fingerprint density at radius 1 is 1.03 bits per heavy atom. The van der Waals surface area contributed by atoms with E-state index in [0.29, 0.717) is 25.3 Å². The molecule has 3 N–H and O–H groups in total. The predicted octanol–water partition coefficient (Wildman–Crippen LogP) is 3.56. The first-order valence-corrected chi connectivity index (χ1v) is 12.0. The molecule has 0 spiro atoms. The van der Waals surface area contributed by atoms with E-state index in [1.54, 1.807) is 6.07 Å². The van der Waals surface area contributed by atoms with Crippen LogP contribution >= 0.6 is 0 Å². The van der Waals surface area contributed by atoms with E-state index in [-0.39, 0.29) is 29.7 Å². The summed E-state index contributed by atoms with van der Waals surface area (Å²) in [6.07, 6.45) is 2.42. The minimum Gasteiger partial charge on any atom is -0.503 e. The number of halogens is 3. The summed E-state index contributed by atoms with van der Waals surface area (Å²) in [5, 5.41) is 22.5. The van der Waals surface area contributed by atoms with Crippen LogP contribution in [0.3, 0.4) is 0 Å². The fourth-order valence-electron chi connectivity index (χ4n) is 4.42. The molecule has 1 saturated carbocycles. The van der Waals surface area contributed by atoms with Crippen molar-refractivity contribution in [2.75, 3.05) is 0 Å². The third kappa shape index (κ3) is 6.03. The third-order valence-corrected chi connectivity index (χ3v) is 6.45. The van der Waals surface area contributed by atoms with Gasteiger partial charge in [0.05, 0.1) is 24.3 Å². The molecule has 0 saturated heterocycles. The van der Waals surface area contributed by atoms with Gasteiger partial charge in [0.2, 0.25) is 0 Å². The number of aromatic nitrogens is 1. The minimum atomic E-state index is -1.03. The van der Waals surface area contributed by atoms with Crippen molar-refractivity contribution in [3.8, 4) is 0 Å². The Hall–Kier alpha value is -4.18. The van der Waals surface area contributed by atoms with Crippen LogP contribution in [0.2, 0.25) is 0 Å². The normalized spacial score (nSPS) is 17.4. The van der Waals surface area contributed by atoms with Crippen LogP contribution in [0.4, 0.5) is 13.2 Å². The first-order chi connectivity index (χ1) is 18.1. The molecule has 10 heteroatoms. The van der Waals surface area contributed by atoms with Gasteiger partial charge >= 0.3 is 0 Å². The summed E-state index contributed by atoms with van der Waals surface area (Å²) in [6.45, 7) is -0.283. The van der Waals surface area contributed by atoms with Gasteiger partial charge in [0.1, 0.15) is 17.5 Å². The molecule has 1 heterocycles. The van der Waals surface area contributed by atoms with E-state index in [1.165, 1.54) is 30.5 Å². The highest BCUT2D eigenvalue weighted by atomic mass is 19.1. The second kappa shape index (κ2) is 11.5. The Labute approximate surface area is 215 Å². The number of hydrogen-bond donors (Lipinski definition) is 3. The topological polar surface area (TPSA) is 109 Å². The zero-order chi connectivity index (χ0) is 27.4. The molecule has 1 aliphatic carbocycles. The third-order valence-electron chi connectivity index (χ3n) is 6.45. The summed E-state index contributed by atoms with van der Waals surface area (Å²) in [5.74, 6) is -5.25. The predicted molar refractivity (Wildman–Crippen MR) is 132 cm³/mol. The van der Waals surface area contributed by atoms with Gasteiger partial charge in [-0.2, -0.15) is 0 Å². The second-order valence-corrected chi connectivity index (χ2v) is 9.14. The number of nitrogens with one attached hydrogen (secondary N) is 1. The number of carbonyl (C=O) groups is 2. The number of nitrogens with zero attached hydrogens (tertiary/aromatic N) is 1. The summed E-state index contributed by atoms with van der Waals surface area (Å²) in [6, 6.07) is 9.56. The lowest BCUT2D eigenvalue weighted by Crippen LogP contribution is -2.40. The van der Waals surface area contributed by atoms with Crippen LogP contribution < -0.4 is 10.9 Å². The molecule has 0 radical (unpaired) electrons. The number of allylic oxidation sites excluding steroid dienone is 1. The second-order valence-electron chi connectivity index (χ2n) is 9.14. The molecule has 0 aliphatic heterocycles. The van der Waals surface area contributed by atoms with Gasteiger partial charge in [-0.3, -0.25) is 14.4 Å². The van der Waals surface area contributed by atoms with E-state index in [2.05, 4.69) is 5.32 Å². The van der Waals surface area contributed by atoms with Gasteiger partial charge in [0.25, 0.3) is 11.5 Å². The van der Waals surface area contributed by atoms with Crippen molar-refractivity contribution in [3.63, 3.8) is 0 Å². The number of ketones is 1. The first kappa shape index (κ1) is 26.9. The lowest BCUT2D eigenvalue weighted by atomic mass is 10.0. The van der Waals surface area contributed by atoms with E-state index in [0.717, 1.165) is 22.8 Å². The maximum absolute atomic E-state index is 14.3. The summed E-state index contributed by atoms with van der Waals surface area (Å²) in [7, 11) is 0. The van der Waals surface area contributed by atoms with E-state index in [9.17, 15) is 37.8 Å². The molecule has 2 aromatic carbocycles. The first-order valence-electron chi connectivity index (χ1n) is 12.0. The Morgan fingerprint density at radius 3 is 2.37 bits per heavy atom. The van der Waals surface area contributed by atoms with E-state index in [4.69, 9.17) is 0 Å². The molecule has 1 aromatic heterocycles. The smallest absolute Gasteiger partial charge is 0.286 e. The molecule has 38 heavy (non-hydrogen) atoms. The van der Waals surface area contributed by atoms with Crippen molar-refractivity contribution >= 4 is 11.7 Å². The number of amides is 1. The molecule has 0 bridgehead atoms. The van der Waals surface area contributed by atoms with Crippen LogP contribution in [-0.2, 0) is 17.8 Å². The summed E-state index contributed by atoms with van der Waals surface area (Å²) >= 11 is 0. The molecule has 0 unspecified atom stereocenters. The lowest BCUT2D eigenvalue weighted by molar-refractivity contribution is -0.121. The highest BCUT2D eigenvalue weighted by Gasteiger charge is 2.28. The molecular weight excluding hydrogens is 501 g/mol. The average molecular weight is 527 g/mol. The number of pyridine rings is 1. The molecule has 7 nitrogen and oxygen atoms in total. The lowest BCUT2D eigenvalue weighted by Gasteiger charge is -2.16. The molecular formula is C28H25F3N2O5. The Balaban J connectivity index is 1.70. The van der Waals surface area contributed by atoms with Gasteiger partial charge < -0.3 is 20.1 Å². The van der Waals surface area contributed by atoms with E-state index in [1.807, 2.05) is 0 Å². The summed E-state index contributed by atoms with van der Waals surface area (Å²) < 4.78 is 43.9. The number of benzene rings is 2. The van der Waals surface area contributed by atoms with Crippen molar-refractivity contribution in [2.45, 2.75) is 44.4 Å². The van der Waals surface area contributed by atoms with E-state index >= 15 is 0 Å². The number of rotatable bonds is 8. The Morgan fingerprint density at radius 2 is 1.71 bits per heavy atom. The highest BCUT2D eigenvalue weighted by molar-refractivity contribution is 6.08. The van der Waals surface area contributed by atoms with Crippen LogP contribution in [0.25, 0.3) is 0 Å². The average Bonchev–Trinajstić information content (AvgIpc) is 3.28. The molecule has 1 amide bonds. The summed E-state index contributed by atoms with van der Waals surface area (Å²) in [5.41, 5.74) is -1.34. The zero-order valence-corrected chi connectivity index (χ0v) is 20.2. The van der Waals surface area contributed by atoms with Crippen LogP contribution in [0.15, 0.2) is 71.4 Å². The number of aliphatic hydroxyl groups excluding tert-OH is 2. The maximum atomic E-state index is 14.3. The fraction of sp³-hybridized carbons (Fsp3) is 0.250.